The summed E-state index contributed by atoms with van der Waals surface area (Å²) in [5, 5.41) is 3.74. The van der Waals surface area contributed by atoms with Crippen LogP contribution >= 0.6 is 0 Å². The SMILES string of the molecule is C=C(/C=C(F)\C=C(/C)F)[C@@H]1CC[C@H]2OC3(CCN(C(=O)c4conc4C)CC3)C(=O)N21. The predicted molar refractivity (Wildman–Crippen MR) is 107 cm³/mol. The van der Waals surface area contributed by atoms with Crippen molar-refractivity contribution in [2.24, 2.45) is 0 Å². The molecule has 1 spiro atoms. The fraction of sp³-hybridized carbons (Fsp3) is 0.500. The van der Waals surface area contributed by atoms with Crippen LogP contribution in [0.4, 0.5) is 8.78 Å². The second-order valence-corrected chi connectivity index (χ2v) is 8.31. The largest absolute Gasteiger partial charge is 0.364 e. The summed E-state index contributed by atoms with van der Waals surface area (Å²) >= 11 is 0. The van der Waals surface area contributed by atoms with E-state index in [-0.39, 0.29) is 11.8 Å². The molecule has 0 radical (unpaired) electrons. The number of nitrogens with zero attached hydrogens (tertiary/aromatic N) is 3. The Balaban J connectivity index is 1.45. The maximum absolute atomic E-state index is 13.9. The van der Waals surface area contributed by atoms with Gasteiger partial charge in [0.05, 0.1) is 17.6 Å². The van der Waals surface area contributed by atoms with Crippen LogP contribution in [-0.2, 0) is 9.53 Å². The van der Waals surface area contributed by atoms with Crippen LogP contribution in [0.1, 0.15) is 48.7 Å². The number of carbonyl (C=O) groups is 2. The predicted octanol–water partition coefficient (Wildman–Crippen LogP) is 3.59. The molecule has 3 aliphatic heterocycles. The Labute approximate surface area is 179 Å². The van der Waals surface area contributed by atoms with Gasteiger partial charge < -0.3 is 19.1 Å². The number of allylic oxidation sites excluding steroid dienone is 3. The zero-order chi connectivity index (χ0) is 22.3. The van der Waals surface area contributed by atoms with Crippen LogP contribution in [0.15, 0.2) is 46.7 Å². The van der Waals surface area contributed by atoms with Gasteiger partial charge in [-0.05, 0) is 38.3 Å². The molecule has 3 aliphatic rings. The van der Waals surface area contributed by atoms with E-state index in [9.17, 15) is 18.4 Å². The minimum Gasteiger partial charge on any atom is -0.364 e. The number of hydrogen-bond donors (Lipinski definition) is 0. The summed E-state index contributed by atoms with van der Waals surface area (Å²) in [5.41, 5.74) is 0.362. The van der Waals surface area contributed by atoms with Crippen molar-refractivity contribution in [1.82, 2.24) is 15.0 Å². The van der Waals surface area contributed by atoms with E-state index in [0.717, 1.165) is 19.1 Å². The Morgan fingerprint density at radius 1 is 1.29 bits per heavy atom. The number of likely N-dealkylation sites (tertiary alicyclic amines) is 1. The highest BCUT2D eigenvalue weighted by atomic mass is 19.1. The molecule has 0 aromatic carbocycles. The lowest BCUT2D eigenvalue weighted by molar-refractivity contribution is -0.142. The summed E-state index contributed by atoms with van der Waals surface area (Å²) in [6.07, 6.45) is 4.86. The average molecular weight is 433 g/mol. The monoisotopic (exact) mass is 433 g/mol. The van der Waals surface area contributed by atoms with Crippen molar-refractivity contribution < 1.29 is 27.6 Å². The molecular weight excluding hydrogens is 408 g/mol. The van der Waals surface area contributed by atoms with Gasteiger partial charge in [0.1, 0.15) is 23.9 Å². The lowest BCUT2D eigenvalue weighted by Crippen LogP contribution is -2.52. The lowest BCUT2D eigenvalue weighted by Gasteiger charge is -2.37. The molecule has 4 heterocycles. The maximum atomic E-state index is 13.9. The van der Waals surface area contributed by atoms with Crippen LogP contribution in [0, 0.1) is 6.92 Å². The summed E-state index contributed by atoms with van der Waals surface area (Å²) in [7, 11) is 0. The highest BCUT2D eigenvalue weighted by Gasteiger charge is 2.58. The van der Waals surface area contributed by atoms with Gasteiger partial charge in [-0.3, -0.25) is 9.59 Å². The third-order valence-corrected chi connectivity index (χ3v) is 6.25. The third kappa shape index (κ3) is 3.82. The molecule has 3 fully saturated rings. The molecule has 0 bridgehead atoms. The number of rotatable bonds is 4. The van der Waals surface area contributed by atoms with Crippen LogP contribution in [0.2, 0.25) is 0 Å². The Bertz CT molecular complexity index is 971. The third-order valence-electron chi connectivity index (χ3n) is 6.25. The summed E-state index contributed by atoms with van der Waals surface area (Å²) in [6.45, 7) is 7.50. The van der Waals surface area contributed by atoms with E-state index in [0.29, 0.717) is 55.6 Å². The van der Waals surface area contributed by atoms with Gasteiger partial charge in [0.2, 0.25) is 0 Å². The molecule has 4 rings (SSSR count). The van der Waals surface area contributed by atoms with Gasteiger partial charge in [-0.2, -0.15) is 0 Å². The highest BCUT2D eigenvalue weighted by molar-refractivity contribution is 5.95. The van der Waals surface area contributed by atoms with Crippen LogP contribution in [0.3, 0.4) is 0 Å². The zero-order valence-electron chi connectivity index (χ0n) is 17.6. The quantitative estimate of drug-likeness (QED) is 0.679. The molecule has 0 N–H and O–H groups in total. The van der Waals surface area contributed by atoms with Gasteiger partial charge in [-0.25, -0.2) is 8.78 Å². The summed E-state index contributed by atoms with van der Waals surface area (Å²) in [5.74, 6) is -1.72. The molecule has 0 saturated carbocycles. The number of hydrogen-bond acceptors (Lipinski definition) is 5. The van der Waals surface area contributed by atoms with Crippen molar-refractivity contribution in [3.8, 4) is 0 Å². The van der Waals surface area contributed by atoms with Crippen LogP contribution < -0.4 is 0 Å². The van der Waals surface area contributed by atoms with Crippen molar-refractivity contribution in [3.63, 3.8) is 0 Å². The maximum Gasteiger partial charge on any atom is 0.259 e. The van der Waals surface area contributed by atoms with Gasteiger partial charge in [-0.15, -0.1) is 0 Å². The van der Waals surface area contributed by atoms with Crippen molar-refractivity contribution in [1.29, 1.82) is 0 Å². The second-order valence-electron chi connectivity index (χ2n) is 8.31. The van der Waals surface area contributed by atoms with E-state index < -0.39 is 29.5 Å². The molecule has 1 aromatic heterocycles. The molecule has 2 atom stereocenters. The van der Waals surface area contributed by atoms with E-state index in [4.69, 9.17) is 9.26 Å². The van der Waals surface area contributed by atoms with Gasteiger partial charge in [0.15, 0.2) is 5.60 Å². The zero-order valence-corrected chi connectivity index (χ0v) is 17.6. The Kier molecular flexibility index (Phi) is 5.55. The van der Waals surface area contributed by atoms with Crippen LogP contribution in [0.25, 0.3) is 0 Å². The van der Waals surface area contributed by atoms with Gasteiger partial charge in [0, 0.05) is 32.0 Å². The molecule has 0 aliphatic carbocycles. The van der Waals surface area contributed by atoms with Gasteiger partial charge in [0.25, 0.3) is 11.8 Å². The van der Waals surface area contributed by atoms with Gasteiger partial charge >= 0.3 is 0 Å². The van der Waals surface area contributed by atoms with E-state index in [1.807, 2.05) is 0 Å². The number of piperidine rings is 1. The Morgan fingerprint density at radius 3 is 2.61 bits per heavy atom. The number of halogens is 2. The molecule has 2 amide bonds. The molecule has 1 aromatic rings. The minimum atomic E-state index is -0.984. The standard InChI is InChI=1S/C22H25F2N3O4/c1-13(10-16(24)11-14(2)23)18-4-5-19-27(18)21(29)22(31-19)6-8-26(9-7-22)20(28)17-12-30-25-15(17)3/h10-12,18-19H,1,4-9H2,2-3H3/b14-11+,16-10+/t18-,19+/m0/s1. The summed E-state index contributed by atoms with van der Waals surface area (Å²) < 4.78 is 37.9. The fourth-order valence-corrected chi connectivity index (χ4v) is 4.65. The fourth-order valence-electron chi connectivity index (χ4n) is 4.65. The van der Waals surface area contributed by atoms with E-state index in [2.05, 4.69) is 11.7 Å². The molecular formula is C22H25F2N3O4. The summed E-state index contributed by atoms with van der Waals surface area (Å²) in [6, 6.07) is -0.393. The molecule has 3 saturated heterocycles. The number of fused-ring (bicyclic) bond motifs is 1. The number of ether oxygens (including phenoxy) is 1. The van der Waals surface area contributed by atoms with E-state index in [1.165, 1.54) is 6.26 Å². The number of aryl methyl sites for hydroxylation is 1. The first kappa shape index (κ1) is 21.4. The highest BCUT2D eigenvalue weighted by Crippen LogP contribution is 2.44. The van der Waals surface area contributed by atoms with Gasteiger partial charge in [-0.1, -0.05) is 11.7 Å². The van der Waals surface area contributed by atoms with E-state index in [1.54, 1.807) is 16.7 Å². The number of aromatic nitrogens is 1. The average Bonchev–Trinajstić information content (AvgIpc) is 3.38. The van der Waals surface area contributed by atoms with Crippen LogP contribution in [0.5, 0.6) is 0 Å². The first-order valence-corrected chi connectivity index (χ1v) is 10.3. The Morgan fingerprint density at radius 2 is 2.00 bits per heavy atom. The minimum absolute atomic E-state index is 0.152. The molecule has 0 unspecified atom stereocenters. The first-order chi connectivity index (χ1) is 14.7. The van der Waals surface area contributed by atoms with Crippen LogP contribution in [-0.4, -0.2) is 57.7 Å². The molecule has 7 nitrogen and oxygen atoms in total. The molecule has 9 heteroatoms. The van der Waals surface area contributed by atoms with Crippen molar-refractivity contribution >= 4 is 11.8 Å². The lowest BCUT2D eigenvalue weighted by atomic mass is 9.89. The van der Waals surface area contributed by atoms with E-state index >= 15 is 0 Å². The second kappa shape index (κ2) is 8.03. The van der Waals surface area contributed by atoms with Crippen molar-refractivity contribution in [3.05, 3.63) is 53.5 Å². The number of carbonyl (C=O) groups excluding carboxylic acids is 2. The topological polar surface area (TPSA) is 75.9 Å². The normalized spacial score (nSPS) is 26.0. The first-order valence-electron chi connectivity index (χ1n) is 10.3. The number of amides is 2. The summed E-state index contributed by atoms with van der Waals surface area (Å²) in [4.78, 5) is 29.3. The molecule has 31 heavy (non-hydrogen) atoms. The Hall–Kier alpha value is -2.81. The molecule has 166 valence electrons. The smallest absolute Gasteiger partial charge is 0.259 e. The van der Waals surface area contributed by atoms with Crippen molar-refractivity contribution in [2.75, 3.05) is 13.1 Å². The van der Waals surface area contributed by atoms with Crippen molar-refractivity contribution in [2.45, 2.75) is 57.4 Å².